The van der Waals surface area contributed by atoms with E-state index in [1.54, 1.807) is 29.2 Å². The summed E-state index contributed by atoms with van der Waals surface area (Å²) in [7, 11) is -4.22. The number of imide groups is 1. The first-order valence-electron chi connectivity index (χ1n) is 22.7. The van der Waals surface area contributed by atoms with Crippen LogP contribution in [0.3, 0.4) is 0 Å². The van der Waals surface area contributed by atoms with Gasteiger partial charge in [0.15, 0.2) is 17.3 Å². The zero-order valence-corrected chi connectivity index (χ0v) is 38.8. The quantitative estimate of drug-likeness (QED) is 0.0637. The molecule has 1 aromatic carbocycles. The minimum atomic E-state index is -4.22. The van der Waals surface area contributed by atoms with Crippen molar-refractivity contribution in [1.82, 2.24) is 29.2 Å². The molecule has 358 valence electrons. The van der Waals surface area contributed by atoms with Crippen LogP contribution in [0, 0.1) is 11.8 Å². The number of carbonyl (C=O) groups is 7. The van der Waals surface area contributed by atoms with E-state index in [4.69, 9.17) is 14.5 Å². The Hall–Kier alpha value is -5.80. The van der Waals surface area contributed by atoms with Crippen molar-refractivity contribution >= 4 is 62.1 Å². The second-order valence-electron chi connectivity index (χ2n) is 17.8. The number of carbonyl (C=O) groups excluding carboxylic acids is 7. The van der Waals surface area contributed by atoms with Crippen molar-refractivity contribution in [1.29, 1.82) is 0 Å². The average Bonchev–Trinajstić information content (AvgIpc) is 3.82. The lowest BCUT2D eigenvalue weighted by molar-refractivity contribution is -0.140. The van der Waals surface area contributed by atoms with E-state index < -0.39 is 57.8 Å². The third kappa shape index (κ3) is 10.4. The van der Waals surface area contributed by atoms with Gasteiger partial charge in [0.25, 0.3) is 17.4 Å². The van der Waals surface area contributed by atoms with Gasteiger partial charge in [0.05, 0.1) is 49.3 Å². The van der Waals surface area contributed by atoms with Crippen LogP contribution < -0.4 is 20.3 Å². The van der Waals surface area contributed by atoms with Gasteiger partial charge in [-0.2, -0.15) is 13.1 Å². The van der Waals surface area contributed by atoms with Crippen LogP contribution in [0.5, 0.6) is 0 Å². The smallest absolute Gasteiger partial charge is 0.301 e. The molecule has 4 amide bonds. The Kier molecular flexibility index (Phi) is 14.8. The van der Waals surface area contributed by atoms with Gasteiger partial charge >= 0.3 is 10.2 Å². The molecule has 3 atom stereocenters. The number of aryl methyl sites for hydroxylation is 2. The van der Waals surface area contributed by atoms with E-state index in [-0.39, 0.29) is 100 Å². The van der Waals surface area contributed by atoms with Crippen LogP contribution in [0.1, 0.15) is 93.2 Å². The largest absolute Gasteiger partial charge is 0.378 e. The van der Waals surface area contributed by atoms with Crippen LogP contribution in [-0.4, -0.2) is 115 Å². The number of aromatic nitrogens is 2. The molecule has 0 spiro atoms. The van der Waals surface area contributed by atoms with E-state index in [0.717, 1.165) is 69.5 Å². The summed E-state index contributed by atoms with van der Waals surface area (Å²) in [6.07, 6.45) is 4.53. The number of fused-ring (bicyclic) bond motifs is 5. The van der Waals surface area contributed by atoms with Crippen molar-refractivity contribution in [2.45, 2.75) is 104 Å². The van der Waals surface area contributed by atoms with Gasteiger partial charge in [-0.3, -0.25) is 43.3 Å². The van der Waals surface area contributed by atoms with Crippen LogP contribution >= 0.6 is 0 Å². The fourth-order valence-electron chi connectivity index (χ4n) is 9.37. The predicted octanol–water partition coefficient (Wildman–Crippen LogP) is 1.17. The summed E-state index contributed by atoms with van der Waals surface area (Å²) in [6.45, 7) is 6.50. The molecule has 2 aliphatic heterocycles. The van der Waals surface area contributed by atoms with Crippen LogP contribution in [0.15, 0.2) is 35.1 Å². The number of aliphatic hydroxyl groups is 1. The molecule has 4 aliphatic rings. The average molecular weight is 945 g/mol. The van der Waals surface area contributed by atoms with E-state index in [1.165, 1.54) is 0 Å². The molecule has 20 heteroatoms. The number of ketones is 3. The van der Waals surface area contributed by atoms with Gasteiger partial charge in [0.1, 0.15) is 12.2 Å². The molecule has 4 heterocycles. The first kappa shape index (κ1) is 49.1. The first-order valence-corrected chi connectivity index (χ1v) is 24.1. The Morgan fingerprint density at radius 3 is 2.34 bits per heavy atom. The van der Waals surface area contributed by atoms with E-state index in [1.807, 2.05) is 26.0 Å². The van der Waals surface area contributed by atoms with Crippen molar-refractivity contribution < 1.29 is 56.6 Å². The van der Waals surface area contributed by atoms with Crippen LogP contribution in [-0.2, 0) is 91.1 Å². The molecular formula is C47H56N6O13S. The SMILES string of the molecule is CC[C@@]1(O)C(=O)CCc2c1cc1n(c2=O)Cc2c-1nc1ccc(CC(=O)[C@H](C)NC(=O)[C@@H](CC(=O)COCCOCCNS(=O)(=O)NC(=O)CCN3C(=O)C=CC3=O)C(C)C)c3c1c2CCC3. The summed E-state index contributed by atoms with van der Waals surface area (Å²) >= 11 is 0. The van der Waals surface area contributed by atoms with Crippen molar-refractivity contribution in [2.75, 3.05) is 39.5 Å². The molecule has 67 heavy (non-hydrogen) atoms. The third-order valence-corrected chi connectivity index (χ3v) is 14.2. The minimum absolute atomic E-state index is 0.00166. The fraction of sp³-hybridized carbons (Fsp3) is 0.511. The van der Waals surface area contributed by atoms with Gasteiger partial charge in [-0.1, -0.05) is 26.8 Å². The molecule has 19 nitrogen and oxygen atoms in total. The topological polar surface area (TPSA) is 267 Å². The number of Topliss-reactive ketones (excluding diaryl/α,β-unsaturated/α-hetero) is 3. The Morgan fingerprint density at radius 1 is 0.910 bits per heavy atom. The molecule has 0 unspecified atom stereocenters. The lowest BCUT2D eigenvalue weighted by Crippen LogP contribution is -2.44. The van der Waals surface area contributed by atoms with Gasteiger partial charge in [-0.15, -0.1) is 0 Å². The predicted molar refractivity (Wildman–Crippen MR) is 242 cm³/mol. The lowest BCUT2D eigenvalue weighted by Gasteiger charge is -2.32. The Morgan fingerprint density at radius 2 is 1.63 bits per heavy atom. The number of amides is 4. The maximum absolute atomic E-state index is 13.9. The molecule has 0 fully saturated rings. The van der Waals surface area contributed by atoms with Crippen molar-refractivity contribution in [2.24, 2.45) is 11.8 Å². The molecule has 0 radical (unpaired) electrons. The number of benzene rings is 1. The second kappa shape index (κ2) is 20.2. The highest BCUT2D eigenvalue weighted by Gasteiger charge is 2.43. The van der Waals surface area contributed by atoms with Gasteiger partial charge in [-0.05, 0) is 73.8 Å². The van der Waals surface area contributed by atoms with Gasteiger partial charge < -0.3 is 24.5 Å². The highest BCUT2D eigenvalue weighted by molar-refractivity contribution is 7.88. The Bertz CT molecular complexity index is 2750. The van der Waals surface area contributed by atoms with Crippen LogP contribution in [0.25, 0.3) is 22.3 Å². The minimum Gasteiger partial charge on any atom is -0.378 e. The molecule has 3 aromatic rings. The zero-order valence-electron chi connectivity index (χ0n) is 38.0. The molecule has 0 saturated carbocycles. The molecule has 2 aliphatic carbocycles. The second-order valence-corrected chi connectivity index (χ2v) is 19.3. The lowest BCUT2D eigenvalue weighted by atomic mass is 9.77. The van der Waals surface area contributed by atoms with Gasteiger partial charge in [0.2, 0.25) is 11.8 Å². The Balaban J connectivity index is 0.874. The van der Waals surface area contributed by atoms with Crippen LogP contribution in [0.4, 0.5) is 0 Å². The number of hydrogen-bond acceptors (Lipinski definition) is 14. The number of nitrogens with one attached hydrogen (secondary N) is 3. The summed E-state index contributed by atoms with van der Waals surface area (Å²) < 4.78 is 40.6. The molecule has 7 rings (SSSR count). The molecular weight excluding hydrogens is 889 g/mol. The van der Waals surface area contributed by atoms with Crippen LogP contribution in [0.2, 0.25) is 0 Å². The highest BCUT2D eigenvalue weighted by atomic mass is 32.2. The van der Waals surface area contributed by atoms with E-state index in [0.29, 0.717) is 29.1 Å². The number of nitrogens with zero attached hydrogens (tertiary/aromatic N) is 3. The normalized spacial score (nSPS) is 18.2. The molecule has 2 aromatic heterocycles. The maximum Gasteiger partial charge on any atom is 0.301 e. The van der Waals surface area contributed by atoms with E-state index in [2.05, 4.69) is 10.0 Å². The zero-order chi connectivity index (χ0) is 48.4. The Labute approximate surface area is 387 Å². The van der Waals surface area contributed by atoms with Crippen molar-refractivity contribution in [3.63, 3.8) is 0 Å². The summed E-state index contributed by atoms with van der Waals surface area (Å²) in [5.41, 5.74) is 4.78. The monoisotopic (exact) mass is 944 g/mol. The molecule has 4 N–H and O–H groups in total. The molecule has 0 bridgehead atoms. The van der Waals surface area contributed by atoms with Gasteiger partial charge in [-0.25, -0.2) is 9.71 Å². The highest BCUT2D eigenvalue weighted by Crippen LogP contribution is 2.43. The summed E-state index contributed by atoms with van der Waals surface area (Å²) in [6, 6.07) is 4.70. The van der Waals surface area contributed by atoms with E-state index >= 15 is 0 Å². The fourth-order valence-corrected chi connectivity index (χ4v) is 10.2. The summed E-state index contributed by atoms with van der Waals surface area (Å²) in [4.78, 5) is 108. The number of ether oxygens (including phenoxy) is 2. The summed E-state index contributed by atoms with van der Waals surface area (Å²) in [5.74, 6) is -4.29. The van der Waals surface area contributed by atoms with Gasteiger partial charge in [0, 0.05) is 78.9 Å². The van der Waals surface area contributed by atoms with E-state index in [9.17, 15) is 51.9 Å². The number of rotatable bonds is 22. The molecule has 0 saturated heterocycles. The number of hydrogen-bond donors (Lipinski definition) is 4. The standard InChI is InChI=1S/C47H56N6O13S/c1-5-47(62)35-23-37-44-34(24-53(37)46(61)32(35)10-12-39(47)56)31-8-6-7-30-28(9-11-36(50-44)43(30)31)21-38(55)27(4)49-45(60)33(26(2)3)22-29(54)25-66-20-19-65-18-16-48-67(63,64)51-40(57)15-17-52-41(58)13-14-42(52)59/h9,11,13-14,23,26-27,33,48,62H,5-8,10,12,15-22,24-25H2,1-4H3,(H,49,60)(H,51,57)/t27-,33-,47-/m0/s1. The maximum atomic E-state index is 13.9. The first-order chi connectivity index (χ1) is 31.8. The van der Waals surface area contributed by atoms with Crippen molar-refractivity contribution in [3.8, 4) is 11.4 Å². The summed E-state index contributed by atoms with van der Waals surface area (Å²) in [5, 5.41) is 15.2. The van der Waals surface area contributed by atoms with Crippen molar-refractivity contribution in [3.05, 3.63) is 74.1 Å². The third-order valence-electron chi connectivity index (χ3n) is 13.1. The number of pyridine rings is 2.